The SMILES string of the molecule is C=C/C=C(\C=C/C)c1cc(-c2ccccc2)cc(C(=C)c2c3c(c(-c4ccccc4)c4c2C=CCC4)CC=C3)c1O/C=C\C.CC.CC.CC. The largest absolute Gasteiger partial charge is 0.464 e. The molecule has 6 rings (SSSR count). The summed E-state index contributed by atoms with van der Waals surface area (Å²) in [5.41, 5.74) is 15.4. The smallest absolute Gasteiger partial charge is 0.142 e. The molecule has 0 bridgehead atoms. The lowest BCUT2D eigenvalue weighted by molar-refractivity contribution is 0.477. The van der Waals surface area contributed by atoms with E-state index in [0.29, 0.717) is 0 Å². The summed E-state index contributed by atoms with van der Waals surface area (Å²) in [7, 11) is 0. The molecule has 0 aromatic heterocycles. The van der Waals surface area contributed by atoms with Gasteiger partial charge < -0.3 is 4.74 Å². The Balaban J connectivity index is 0.00000107. The Morgan fingerprint density at radius 1 is 0.700 bits per heavy atom. The summed E-state index contributed by atoms with van der Waals surface area (Å²) in [6.45, 7) is 24.9. The quantitative estimate of drug-likeness (QED) is 0.128. The molecule has 50 heavy (non-hydrogen) atoms. The molecule has 1 heteroatoms. The van der Waals surface area contributed by atoms with Gasteiger partial charge in [0, 0.05) is 11.1 Å². The van der Waals surface area contributed by atoms with Crippen molar-refractivity contribution >= 4 is 23.3 Å². The van der Waals surface area contributed by atoms with Crippen molar-refractivity contribution < 1.29 is 4.74 Å². The molecule has 2 aliphatic rings. The molecule has 4 aromatic rings. The summed E-state index contributed by atoms with van der Waals surface area (Å²) >= 11 is 0. The van der Waals surface area contributed by atoms with Crippen LogP contribution in [-0.4, -0.2) is 0 Å². The van der Waals surface area contributed by atoms with Crippen LogP contribution in [0.15, 0.2) is 135 Å². The molecular weight excluding hydrogens is 605 g/mol. The minimum absolute atomic E-state index is 0.787. The maximum absolute atomic E-state index is 6.49. The number of ether oxygens (including phenoxy) is 1. The van der Waals surface area contributed by atoms with E-state index in [1.807, 2.05) is 73.6 Å². The normalized spacial score (nSPS) is 12.5. The molecule has 0 saturated carbocycles. The van der Waals surface area contributed by atoms with Gasteiger partial charge in [0.05, 0.1) is 6.26 Å². The average Bonchev–Trinajstić information content (AvgIpc) is 3.67. The molecule has 0 unspecified atom stereocenters. The fourth-order valence-corrected chi connectivity index (χ4v) is 6.54. The Labute approximate surface area is 303 Å². The highest BCUT2D eigenvalue weighted by Crippen LogP contribution is 2.48. The van der Waals surface area contributed by atoms with E-state index in [-0.39, 0.29) is 0 Å². The van der Waals surface area contributed by atoms with E-state index in [0.717, 1.165) is 58.4 Å². The van der Waals surface area contributed by atoms with Gasteiger partial charge in [-0.3, -0.25) is 0 Å². The molecular formula is C49H56O. The molecule has 2 aliphatic carbocycles. The number of hydrogen-bond acceptors (Lipinski definition) is 1. The van der Waals surface area contributed by atoms with Gasteiger partial charge in [-0.05, 0) is 106 Å². The summed E-state index contributed by atoms with van der Waals surface area (Å²) in [5.74, 6) is 0.787. The minimum atomic E-state index is 0.787. The van der Waals surface area contributed by atoms with Gasteiger partial charge >= 0.3 is 0 Å². The number of benzene rings is 4. The molecule has 0 spiro atoms. The molecule has 0 radical (unpaired) electrons. The summed E-state index contributed by atoms with van der Waals surface area (Å²) in [5, 5.41) is 0. The van der Waals surface area contributed by atoms with Gasteiger partial charge in [0.1, 0.15) is 5.75 Å². The van der Waals surface area contributed by atoms with E-state index in [1.54, 1.807) is 6.26 Å². The van der Waals surface area contributed by atoms with E-state index in [1.165, 1.54) is 38.9 Å². The van der Waals surface area contributed by atoms with Crippen molar-refractivity contribution in [1.82, 2.24) is 0 Å². The Morgan fingerprint density at radius 2 is 1.30 bits per heavy atom. The van der Waals surface area contributed by atoms with E-state index in [9.17, 15) is 0 Å². The van der Waals surface area contributed by atoms with Crippen molar-refractivity contribution in [2.75, 3.05) is 0 Å². The zero-order valence-corrected chi connectivity index (χ0v) is 31.6. The van der Waals surface area contributed by atoms with Crippen molar-refractivity contribution in [3.8, 4) is 28.0 Å². The Hall–Kier alpha value is -5.14. The maximum Gasteiger partial charge on any atom is 0.142 e. The fourth-order valence-electron chi connectivity index (χ4n) is 6.54. The number of rotatable bonds is 9. The fraction of sp³-hybridized carbons (Fsp3) is 0.224. The van der Waals surface area contributed by atoms with Crippen LogP contribution in [-0.2, 0) is 12.8 Å². The predicted octanol–water partition coefficient (Wildman–Crippen LogP) is 14.7. The molecule has 258 valence electrons. The number of fused-ring (bicyclic) bond motifs is 2. The first-order valence-corrected chi connectivity index (χ1v) is 18.4. The monoisotopic (exact) mass is 660 g/mol. The van der Waals surface area contributed by atoms with Gasteiger partial charge in [-0.15, -0.1) is 0 Å². The standard InChI is InChI=1S/C43H38O.3C2H6/c1-5-17-32(18-6-2)40-29-34(31-19-10-8-11-20-31)28-39(43(40)44-27-7-3)30(4)41-35-23-14-15-24-37(35)42(33-21-12-9-13-22-33)38-26-16-25-36(38)41;3*1-2/h5-14,16-23,25,27-29H,1,4,15,24,26H2,2-3H3;3*1-2H3/b18-6-,27-7-,32-17+;;;. The maximum atomic E-state index is 6.49. The van der Waals surface area contributed by atoms with E-state index < -0.39 is 0 Å². The van der Waals surface area contributed by atoms with Gasteiger partial charge in [0.2, 0.25) is 0 Å². The Kier molecular flexibility index (Phi) is 16.0. The molecule has 0 fully saturated rings. The van der Waals surface area contributed by atoms with Crippen molar-refractivity contribution in [2.45, 2.75) is 74.7 Å². The average molecular weight is 661 g/mol. The predicted molar refractivity (Wildman–Crippen MR) is 224 cm³/mol. The lowest BCUT2D eigenvalue weighted by Crippen LogP contribution is -2.08. The van der Waals surface area contributed by atoms with Crippen LogP contribution in [0.4, 0.5) is 0 Å². The molecule has 0 amide bonds. The lowest BCUT2D eigenvalue weighted by Gasteiger charge is -2.27. The van der Waals surface area contributed by atoms with Crippen LogP contribution in [0.2, 0.25) is 0 Å². The highest BCUT2D eigenvalue weighted by molar-refractivity contribution is 5.98. The summed E-state index contributed by atoms with van der Waals surface area (Å²) in [4.78, 5) is 0. The Morgan fingerprint density at radius 3 is 1.92 bits per heavy atom. The first kappa shape index (κ1) is 39.3. The summed E-state index contributed by atoms with van der Waals surface area (Å²) in [6, 6.07) is 25.9. The first-order valence-electron chi connectivity index (χ1n) is 18.4. The summed E-state index contributed by atoms with van der Waals surface area (Å²) in [6.07, 6.45) is 23.9. The van der Waals surface area contributed by atoms with Gasteiger partial charge in [0.15, 0.2) is 0 Å². The second kappa shape index (κ2) is 20.4. The molecule has 0 heterocycles. The number of hydrogen-bond donors (Lipinski definition) is 0. The minimum Gasteiger partial charge on any atom is -0.464 e. The van der Waals surface area contributed by atoms with Crippen molar-refractivity contribution in [3.63, 3.8) is 0 Å². The zero-order chi connectivity index (χ0) is 36.5. The topological polar surface area (TPSA) is 9.23 Å². The second-order valence-corrected chi connectivity index (χ2v) is 11.1. The van der Waals surface area contributed by atoms with Crippen molar-refractivity contribution in [1.29, 1.82) is 0 Å². The van der Waals surface area contributed by atoms with Gasteiger partial charge in [0.25, 0.3) is 0 Å². The lowest BCUT2D eigenvalue weighted by atomic mass is 9.77. The number of allylic oxidation sites excluding steroid dienone is 8. The van der Waals surface area contributed by atoms with Crippen LogP contribution >= 0.6 is 0 Å². The molecule has 0 N–H and O–H groups in total. The van der Waals surface area contributed by atoms with E-state index in [2.05, 4.69) is 116 Å². The molecule has 0 atom stereocenters. The highest BCUT2D eigenvalue weighted by atomic mass is 16.5. The molecule has 1 nitrogen and oxygen atoms in total. The first-order chi connectivity index (χ1) is 24.7. The van der Waals surface area contributed by atoms with Crippen LogP contribution < -0.4 is 4.74 Å². The molecule has 0 aliphatic heterocycles. The highest BCUT2D eigenvalue weighted by Gasteiger charge is 2.28. The zero-order valence-electron chi connectivity index (χ0n) is 31.6. The van der Waals surface area contributed by atoms with Crippen LogP contribution in [0, 0.1) is 0 Å². The van der Waals surface area contributed by atoms with Crippen molar-refractivity contribution in [2.24, 2.45) is 0 Å². The molecule has 0 saturated heterocycles. The van der Waals surface area contributed by atoms with Gasteiger partial charge in [-0.25, -0.2) is 0 Å². The third-order valence-corrected chi connectivity index (χ3v) is 8.41. The third kappa shape index (κ3) is 8.52. The van der Waals surface area contributed by atoms with Crippen LogP contribution in [0.1, 0.15) is 101 Å². The van der Waals surface area contributed by atoms with Crippen molar-refractivity contribution in [3.05, 3.63) is 174 Å². The van der Waals surface area contributed by atoms with Gasteiger partial charge in [-0.1, -0.05) is 170 Å². The van der Waals surface area contributed by atoms with E-state index >= 15 is 0 Å². The summed E-state index contributed by atoms with van der Waals surface area (Å²) < 4.78 is 6.49. The Bertz CT molecular complexity index is 1880. The van der Waals surface area contributed by atoms with Crippen LogP contribution in [0.5, 0.6) is 5.75 Å². The second-order valence-electron chi connectivity index (χ2n) is 11.1. The van der Waals surface area contributed by atoms with E-state index in [4.69, 9.17) is 11.3 Å². The third-order valence-electron chi connectivity index (χ3n) is 8.41. The van der Waals surface area contributed by atoms with Crippen LogP contribution in [0.3, 0.4) is 0 Å². The van der Waals surface area contributed by atoms with Crippen LogP contribution in [0.25, 0.3) is 45.6 Å². The molecule has 4 aromatic carbocycles. The van der Waals surface area contributed by atoms with Gasteiger partial charge in [-0.2, -0.15) is 0 Å².